The fourth-order valence-electron chi connectivity index (χ4n) is 3.56. The Morgan fingerprint density at radius 1 is 1.11 bits per heavy atom. The lowest BCUT2D eigenvalue weighted by Gasteiger charge is -2.38. The van der Waals surface area contributed by atoms with Crippen LogP contribution >= 0.6 is 11.6 Å². The van der Waals surface area contributed by atoms with Crippen LogP contribution in [-0.4, -0.2) is 48.4 Å². The lowest BCUT2D eigenvalue weighted by atomic mass is 10.1. The number of halogens is 1. The molecule has 1 fully saturated rings. The highest BCUT2D eigenvalue weighted by Gasteiger charge is 2.24. The standard InChI is InChI=1S/C20H21ClN4O2/c1-27-14-5-6-17-15(12-14)19(16(13-26)20(21)23-17)25-10-8-24(9-11-25)18-4-2-3-7-22-18/h2-7,12,26H,8-11,13H2,1H3. The minimum absolute atomic E-state index is 0.158. The van der Waals surface area contributed by atoms with Crippen LogP contribution in [0.1, 0.15) is 5.56 Å². The molecule has 3 aromatic rings. The van der Waals surface area contributed by atoms with Crippen molar-refractivity contribution in [3.63, 3.8) is 0 Å². The van der Waals surface area contributed by atoms with Gasteiger partial charge in [-0.05, 0) is 30.3 Å². The summed E-state index contributed by atoms with van der Waals surface area (Å²) in [6.45, 7) is 3.13. The van der Waals surface area contributed by atoms with Gasteiger partial charge in [0.15, 0.2) is 0 Å². The molecule has 0 amide bonds. The summed E-state index contributed by atoms with van der Waals surface area (Å²) < 4.78 is 5.38. The van der Waals surface area contributed by atoms with E-state index in [0.717, 1.165) is 54.3 Å². The van der Waals surface area contributed by atoms with Crippen LogP contribution in [0.3, 0.4) is 0 Å². The molecule has 1 N–H and O–H groups in total. The summed E-state index contributed by atoms with van der Waals surface area (Å²) in [4.78, 5) is 13.4. The second-order valence-corrected chi connectivity index (χ2v) is 6.79. The number of hydrogen-bond donors (Lipinski definition) is 1. The molecule has 2 aromatic heterocycles. The van der Waals surface area contributed by atoms with Gasteiger partial charge in [-0.15, -0.1) is 0 Å². The van der Waals surface area contributed by atoms with E-state index in [1.807, 2.05) is 42.6 Å². The zero-order valence-corrected chi connectivity index (χ0v) is 15.9. The zero-order valence-electron chi connectivity index (χ0n) is 15.1. The van der Waals surface area contributed by atoms with Crippen LogP contribution in [0.5, 0.6) is 5.75 Å². The van der Waals surface area contributed by atoms with Gasteiger partial charge in [-0.3, -0.25) is 0 Å². The Labute approximate surface area is 163 Å². The normalized spacial score (nSPS) is 14.6. The van der Waals surface area contributed by atoms with Crippen molar-refractivity contribution in [3.8, 4) is 5.75 Å². The van der Waals surface area contributed by atoms with E-state index in [2.05, 4.69) is 19.8 Å². The fourth-order valence-corrected chi connectivity index (χ4v) is 3.80. The lowest BCUT2D eigenvalue weighted by Crippen LogP contribution is -2.47. The van der Waals surface area contributed by atoms with E-state index in [1.54, 1.807) is 7.11 Å². The maximum absolute atomic E-state index is 9.94. The van der Waals surface area contributed by atoms with Crippen molar-refractivity contribution in [2.24, 2.45) is 0 Å². The summed E-state index contributed by atoms with van der Waals surface area (Å²) in [5.41, 5.74) is 2.39. The van der Waals surface area contributed by atoms with Gasteiger partial charge in [0, 0.05) is 43.3 Å². The summed E-state index contributed by atoms with van der Waals surface area (Å²) in [6, 6.07) is 11.7. The van der Waals surface area contributed by atoms with Gasteiger partial charge in [0.1, 0.15) is 16.7 Å². The van der Waals surface area contributed by atoms with Crippen LogP contribution in [-0.2, 0) is 6.61 Å². The number of nitrogens with zero attached hydrogens (tertiary/aromatic N) is 4. The topological polar surface area (TPSA) is 61.7 Å². The molecule has 0 atom stereocenters. The summed E-state index contributed by atoms with van der Waals surface area (Å²) in [5.74, 6) is 1.74. The van der Waals surface area contributed by atoms with E-state index < -0.39 is 0 Å². The van der Waals surface area contributed by atoms with Gasteiger partial charge in [-0.1, -0.05) is 17.7 Å². The molecule has 4 rings (SSSR count). The van der Waals surface area contributed by atoms with E-state index in [4.69, 9.17) is 16.3 Å². The Bertz CT molecular complexity index is 944. The van der Waals surface area contributed by atoms with Crippen LogP contribution in [0, 0.1) is 0 Å². The number of ether oxygens (including phenoxy) is 1. The quantitative estimate of drug-likeness (QED) is 0.697. The molecular formula is C20H21ClN4O2. The van der Waals surface area contributed by atoms with Crippen LogP contribution in [0.25, 0.3) is 10.9 Å². The number of fused-ring (bicyclic) bond motifs is 1. The predicted molar refractivity (Wildman–Crippen MR) is 108 cm³/mol. The maximum atomic E-state index is 9.94. The monoisotopic (exact) mass is 384 g/mol. The first kappa shape index (κ1) is 17.8. The molecule has 7 heteroatoms. The van der Waals surface area contributed by atoms with Gasteiger partial charge in [0.25, 0.3) is 0 Å². The molecule has 0 radical (unpaired) electrons. The van der Waals surface area contributed by atoms with E-state index >= 15 is 0 Å². The molecule has 3 heterocycles. The SMILES string of the molecule is COc1ccc2nc(Cl)c(CO)c(N3CCN(c4ccccn4)CC3)c2c1. The Morgan fingerprint density at radius 2 is 1.89 bits per heavy atom. The number of aliphatic hydroxyl groups is 1. The minimum atomic E-state index is -0.158. The zero-order chi connectivity index (χ0) is 18.8. The number of aromatic nitrogens is 2. The molecular weight excluding hydrogens is 364 g/mol. The smallest absolute Gasteiger partial charge is 0.137 e. The summed E-state index contributed by atoms with van der Waals surface area (Å²) in [6.07, 6.45) is 1.81. The van der Waals surface area contributed by atoms with Crippen LogP contribution in [0.2, 0.25) is 5.15 Å². The lowest BCUT2D eigenvalue weighted by molar-refractivity contribution is 0.282. The molecule has 0 unspecified atom stereocenters. The molecule has 0 bridgehead atoms. The Balaban J connectivity index is 1.70. The molecule has 1 aliphatic rings. The molecule has 6 nitrogen and oxygen atoms in total. The number of aliphatic hydroxyl groups excluding tert-OH is 1. The number of hydrogen-bond acceptors (Lipinski definition) is 6. The van der Waals surface area contributed by atoms with Gasteiger partial charge >= 0.3 is 0 Å². The highest BCUT2D eigenvalue weighted by molar-refractivity contribution is 6.31. The highest BCUT2D eigenvalue weighted by atomic mass is 35.5. The first-order valence-electron chi connectivity index (χ1n) is 8.89. The molecule has 0 spiro atoms. The first-order chi connectivity index (χ1) is 13.2. The fraction of sp³-hybridized carbons (Fsp3) is 0.300. The third-order valence-corrected chi connectivity index (χ3v) is 5.25. The molecule has 1 aromatic carbocycles. The van der Waals surface area contributed by atoms with Crippen LogP contribution in [0.4, 0.5) is 11.5 Å². The number of methoxy groups -OCH3 is 1. The van der Waals surface area contributed by atoms with Crippen molar-refractivity contribution in [1.29, 1.82) is 0 Å². The number of rotatable bonds is 4. The van der Waals surface area contributed by atoms with Gasteiger partial charge in [0.2, 0.25) is 0 Å². The van der Waals surface area contributed by atoms with Gasteiger partial charge in [0.05, 0.1) is 24.9 Å². The third kappa shape index (κ3) is 3.38. The number of pyridine rings is 2. The Kier molecular flexibility index (Phi) is 5.01. The van der Waals surface area contributed by atoms with E-state index in [1.165, 1.54) is 0 Å². The first-order valence-corrected chi connectivity index (χ1v) is 9.27. The maximum Gasteiger partial charge on any atom is 0.137 e. The van der Waals surface area contributed by atoms with Crippen molar-refractivity contribution in [2.75, 3.05) is 43.1 Å². The Hall–Kier alpha value is -2.57. The molecule has 0 saturated carbocycles. The van der Waals surface area contributed by atoms with Crippen molar-refractivity contribution in [2.45, 2.75) is 6.61 Å². The van der Waals surface area contributed by atoms with Crippen molar-refractivity contribution >= 4 is 34.0 Å². The molecule has 1 saturated heterocycles. The van der Waals surface area contributed by atoms with Crippen LogP contribution in [0.15, 0.2) is 42.6 Å². The van der Waals surface area contributed by atoms with Gasteiger partial charge in [-0.25, -0.2) is 9.97 Å². The average Bonchev–Trinajstić information content (AvgIpc) is 2.73. The van der Waals surface area contributed by atoms with Gasteiger partial charge in [-0.2, -0.15) is 0 Å². The minimum Gasteiger partial charge on any atom is -0.497 e. The second-order valence-electron chi connectivity index (χ2n) is 6.43. The average molecular weight is 385 g/mol. The number of piperazine rings is 1. The van der Waals surface area contributed by atoms with Crippen molar-refractivity contribution in [3.05, 3.63) is 53.3 Å². The largest absolute Gasteiger partial charge is 0.497 e. The van der Waals surface area contributed by atoms with Crippen molar-refractivity contribution in [1.82, 2.24) is 9.97 Å². The molecule has 1 aliphatic heterocycles. The summed E-state index contributed by atoms with van der Waals surface area (Å²) in [7, 11) is 1.64. The van der Waals surface area contributed by atoms with Crippen LogP contribution < -0.4 is 14.5 Å². The summed E-state index contributed by atoms with van der Waals surface area (Å²) in [5, 5.41) is 11.2. The second kappa shape index (κ2) is 7.58. The molecule has 140 valence electrons. The summed E-state index contributed by atoms with van der Waals surface area (Å²) >= 11 is 6.38. The van der Waals surface area contributed by atoms with E-state index in [0.29, 0.717) is 10.7 Å². The number of anilines is 2. The Morgan fingerprint density at radius 3 is 2.56 bits per heavy atom. The van der Waals surface area contributed by atoms with E-state index in [-0.39, 0.29) is 6.61 Å². The number of benzene rings is 1. The van der Waals surface area contributed by atoms with Crippen molar-refractivity contribution < 1.29 is 9.84 Å². The highest BCUT2D eigenvalue weighted by Crippen LogP contribution is 2.36. The predicted octanol–water partition coefficient (Wildman–Crippen LogP) is 3.11. The molecule has 0 aliphatic carbocycles. The van der Waals surface area contributed by atoms with Gasteiger partial charge < -0.3 is 19.6 Å². The van der Waals surface area contributed by atoms with E-state index in [9.17, 15) is 5.11 Å². The third-order valence-electron chi connectivity index (χ3n) is 4.94. The molecule has 27 heavy (non-hydrogen) atoms.